The van der Waals surface area contributed by atoms with E-state index in [1.807, 2.05) is 0 Å². The summed E-state index contributed by atoms with van der Waals surface area (Å²) >= 11 is 0. The van der Waals surface area contributed by atoms with Gasteiger partial charge >= 0.3 is 5.97 Å². The Morgan fingerprint density at radius 2 is 2.17 bits per heavy atom. The number of hydrogen-bond donors (Lipinski definition) is 0. The maximum absolute atomic E-state index is 11.3. The van der Waals surface area contributed by atoms with Crippen molar-refractivity contribution in [2.75, 3.05) is 20.2 Å². The molecular formula is C15H21NO2. The van der Waals surface area contributed by atoms with Crippen molar-refractivity contribution in [2.24, 2.45) is 0 Å². The van der Waals surface area contributed by atoms with Gasteiger partial charge < -0.3 is 4.74 Å². The molecule has 2 rings (SSSR count). The van der Waals surface area contributed by atoms with E-state index in [1.54, 1.807) is 0 Å². The van der Waals surface area contributed by atoms with Crippen LogP contribution in [0.1, 0.15) is 36.5 Å². The first-order chi connectivity index (χ1) is 8.60. The maximum Gasteiger partial charge on any atom is 0.319 e. The fourth-order valence-corrected chi connectivity index (χ4v) is 2.38. The van der Waals surface area contributed by atoms with Gasteiger partial charge in [-0.05, 0) is 29.0 Å². The molecule has 0 unspecified atom stereocenters. The summed E-state index contributed by atoms with van der Waals surface area (Å²) in [4.78, 5) is 13.5. The zero-order valence-electron chi connectivity index (χ0n) is 11.4. The molecule has 0 aliphatic carbocycles. The third-order valence-corrected chi connectivity index (χ3v) is 3.57. The van der Waals surface area contributed by atoms with E-state index in [2.05, 4.69) is 36.9 Å². The summed E-state index contributed by atoms with van der Waals surface area (Å²) in [7, 11) is 1.44. The molecule has 0 bridgehead atoms. The van der Waals surface area contributed by atoms with E-state index < -0.39 is 0 Å². The molecule has 1 aromatic rings. The van der Waals surface area contributed by atoms with E-state index >= 15 is 0 Å². The molecule has 0 saturated carbocycles. The number of fused-ring (bicyclic) bond motifs is 1. The average Bonchev–Trinajstić information content (AvgIpc) is 2.37. The molecule has 3 heteroatoms. The van der Waals surface area contributed by atoms with Crippen molar-refractivity contribution in [3.05, 3.63) is 34.9 Å². The Hall–Kier alpha value is -1.35. The second kappa shape index (κ2) is 5.53. The zero-order valence-corrected chi connectivity index (χ0v) is 11.4. The Kier molecular flexibility index (Phi) is 4.02. The van der Waals surface area contributed by atoms with Crippen LogP contribution >= 0.6 is 0 Å². The van der Waals surface area contributed by atoms with Crippen LogP contribution in [0.5, 0.6) is 0 Å². The fraction of sp³-hybridized carbons (Fsp3) is 0.533. The number of rotatable bonds is 3. The van der Waals surface area contributed by atoms with Crippen molar-refractivity contribution in [3.8, 4) is 0 Å². The zero-order chi connectivity index (χ0) is 13.1. The summed E-state index contributed by atoms with van der Waals surface area (Å²) in [5.74, 6) is 0.393. The lowest BCUT2D eigenvalue weighted by Crippen LogP contribution is -2.35. The monoisotopic (exact) mass is 247 g/mol. The van der Waals surface area contributed by atoms with Crippen molar-refractivity contribution in [2.45, 2.75) is 32.7 Å². The number of carbonyl (C=O) groups is 1. The molecule has 0 radical (unpaired) electrons. The number of ether oxygens (including phenoxy) is 1. The van der Waals surface area contributed by atoms with E-state index in [9.17, 15) is 4.79 Å². The molecule has 1 aliphatic heterocycles. The molecule has 1 aliphatic rings. The topological polar surface area (TPSA) is 29.5 Å². The van der Waals surface area contributed by atoms with Gasteiger partial charge in [-0.25, -0.2) is 0 Å². The van der Waals surface area contributed by atoms with Gasteiger partial charge in [0, 0.05) is 13.1 Å². The van der Waals surface area contributed by atoms with Crippen molar-refractivity contribution in [1.29, 1.82) is 0 Å². The minimum atomic E-state index is -0.154. The molecule has 0 saturated heterocycles. The summed E-state index contributed by atoms with van der Waals surface area (Å²) in [6.45, 7) is 6.59. The quantitative estimate of drug-likeness (QED) is 0.768. The van der Waals surface area contributed by atoms with Crippen molar-refractivity contribution in [3.63, 3.8) is 0 Å². The van der Waals surface area contributed by atoms with Gasteiger partial charge in [-0.2, -0.15) is 0 Å². The standard InChI is InChI=1S/C15H21NO2/c1-11(2)13-5-4-12-6-7-16(9-14(12)8-13)10-15(17)18-3/h4-5,8,11H,6-7,9-10H2,1-3H3. The van der Waals surface area contributed by atoms with Gasteiger partial charge in [0.05, 0.1) is 13.7 Å². The average molecular weight is 247 g/mol. The van der Waals surface area contributed by atoms with E-state index in [-0.39, 0.29) is 5.97 Å². The Morgan fingerprint density at radius 3 is 2.83 bits per heavy atom. The molecule has 98 valence electrons. The second-order valence-electron chi connectivity index (χ2n) is 5.22. The molecule has 0 N–H and O–H groups in total. The van der Waals surface area contributed by atoms with Gasteiger partial charge in [-0.3, -0.25) is 9.69 Å². The van der Waals surface area contributed by atoms with Crippen LogP contribution in [0.4, 0.5) is 0 Å². The molecule has 0 atom stereocenters. The van der Waals surface area contributed by atoms with Crippen LogP contribution in [0.3, 0.4) is 0 Å². The first-order valence-electron chi connectivity index (χ1n) is 6.51. The van der Waals surface area contributed by atoms with E-state index in [0.29, 0.717) is 12.5 Å². The van der Waals surface area contributed by atoms with Gasteiger partial charge in [-0.15, -0.1) is 0 Å². The lowest BCUT2D eigenvalue weighted by molar-refractivity contribution is -0.142. The van der Waals surface area contributed by atoms with Gasteiger partial charge in [0.2, 0.25) is 0 Å². The minimum absolute atomic E-state index is 0.154. The van der Waals surface area contributed by atoms with Gasteiger partial charge in [0.25, 0.3) is 0 Å². The van der Waals surface area contributed by atoms with Crippen molar-refractivity contribution >= 4 is 5.97 Å². The van der Waals surface area contributed by atoms with Gasteiger partial charge in [-0.1, -0.05) is 32.0 Å². The number of esters is 1. The minimum Gasteiger partial charge on any atom is -0.468 e. The molecular weight excluding hydrogens is 226 g/mol. The Labute approximate surface area is 109 Å². The summed E-state index contributed by atoms with van der Waals surface area (Å²) in [6.07, 6.45) is 1.02. The lowest BCUT2D eigenvalue weighted by atomic mass is 9.93. The molecule has 0 spiro atoms. The maximum atomic E-state index is 11.3. The largest absolute Gasteiger partial charge is 0.468 e. The summed E-state index contributed by atoms with van der Waals surface area (Å²) < 4.78 is 4.72. The van der Waals surface area contributed by atoms with Crippen LogP contribution in [0.2, 0.25) is 0 Å². The highest BCUT2D eigenvalue weighted by Gasteiger charge is 2.19. The molecule has 0 amide bonds. The lowest BCUT2D eigenvalue weighted by Gasteiger charge is -2.28. The summed E-state index contributed by atoms with van der Waals surface area (Å²) in [5.41, 5.74) is 4.14. The molecule has 3 nitrogen and oxygen atoms in total. The number of hydrogen-bond acceptors (Lipinski definition) is 3. The Bertz CT molecular complexity index is 440. The Morgan fingerprint density at radius 1 is 1.39 bits per heavy atom. The SMILES string of the molecule is COC(=O)CN1CCc2ccc(C(C)C)cc2C1. The predicted molar refractivity (Wildman–Crippen MR) is 71.5 cm³/mol. The highest BCUT2D eigenvalue weighted by molar-refractivity contribution is 5.71. The normalized spacial score (nSPS) is 15.6. The number of methoxy groups -OCH3 is 1. The second-order valence-corrected chi connectivity index (χ2v) is 5.22. The van der Waals surface area contributed by atoms with Crippen LogP contribution in [-0.2, 0) is 22.5 Å². The smallest absolute Gasteiger partial charge is 0.319 e. The van der Waals surface area contributed by atoms with Gasteiger partial charge in [0.1, 0.15) is 0 Å². The fourth-order valence-electron chi connectivity index (χ4n) is 2.38. The van der Waals surface area contributed by atoms with Crippen molar-refractivity contribution < 1.29 is 9.53 Å². The highest BCUT2D eigenvalue weighted by atomic mass is 16.5. The third-order valence-electron chi connectivity index (χ3n) is 3.57. The van der Waals surface area contributed by atoms with E-state index in [1.165, 1.54) is 23.8 Å². The predicted octanol–water partition coefficient (Wildman–Crippen LogP) is 2.34. The van der Waals surface area contributed by atoms with E-state index in [0.717, 1.165) is 19.5 Å². The third kappa shape index (κ3) is 2.91. The first kappa shape index (κ1) is 13.1. The van der Waals surface area contributed by atoms with Crippen LogP contribution in [0, 0.1) is 0 Å². The van der Waals surface area contributed by atoms with Crippen LogP contribution < -0.4 is 0 Å². The summed E-state index contributed by atoms with van der Waals surface area (Å²) in [5, 5.41) is 0. The van der Waals surface area contributed by atoms with Crippen molar-refractivity contribution in [1.82, 2.24) is 4.90 Å². The Balaban J connectivity index is 2.12. The molecule has 18 heavy (non-hydrogen) atoms. The number of nitrogens with zero attached hydrogens (tertiary/aromatic N) is 1. The molecule has 0 fully saturated rings. The number of carbonyl (C=O) groups excluding carboxylic acids is 1. The highest BCUT2D eigenvalue weighted by Crippen LogP contribution is 2.23. The van der Waals surface area contributed by atoms with Crippen LogP contribution in [0.25, 0.3) is 0 Å². The first-order valence-corrected chi connectivity index (χ1v) is 6.51. The van der Waals surface area contributed by atoms with E-state index in [4.69, 9.17) is 4.74 Å². The summed E-state index contributed by atoms with van der Waals surface area (Å²) in [6, 6.07) is 6.74. The van der Waals surface area contributed by atoms with Gasteiger partial charge in [0.15, 0.2) is 0 Å². The van der Waals surface area contributed by atoms with Crippen LogP contribution in [0.15, 0.2) is 18.2 Å². The molecule has 1 heterocycles. The number of benzene rings is 1. The molecule has 0 aromatic heterocycles. The molecule has 1 aromatic carbocycles. The van der Waals surface area contributed by atoms with Crippen LogP contribution in [-0.4, -0.2) is 31.1 Å².